The van der Waals surface area contributed by atoms with Crippen LogP contribution < -0.4 is 4.90 Å². The van der Waals surface area contributed by atoms with E-state index in [9.17, 15) is 9.50 Å². The molecular formula is C17H16FN3O2. The first-order valence-electron chi connectivity index (χ1n) is 7.26. The molecule has 0 saturated heterocycles. The second kappa shape index (κ2) is 7.02. The number of aromatic nitrogens is 2. The summed E-state index contributed by atoms with van der Waals surface area (Å²) in [4.78, 5) is 1.92. The molecule has 0 saturated carbocycles. The van der Waals surface area contributed by atoms with Gasteiger partial charge in [0, 0.05) is 12.2 Å². The van der Waals surface area contributed by atoms with Gasteiger partial charge < -0.3 is 14.4 Å². The molecule has 1 aromatic heterocycles. The molecule has 5 nitrogen and oxygen atoms in total. The van der Waals surface area contributed by atoms with E-state index in [0.29, 0.717) is 19.0 Å². The van der Waals surface area contributed by atoms with Crippen molar-refractivity contribution >= 4 is 5.69 Å². The maximum atomic E-state index is 13.8. The first-order chi connectivity index (χ1) is 11.3. The normalized spacial score (nSPS) is 10.7. The third-order valence-corrected chi connectivity index (χ3v) is 3.39. The maximum Gasteiger partial charge on any atom is 0.250 e. The highest BCUT2D eigenvalue weighted by atomic mass is 19.1. The predicted octanol–water partition coefficient (Wildman–Crippen LogP) is 2.87. The van der Waals surface area contributed by atoms with E-state index in [2.05, 4.69) is 10.2 Å². The molecule has 0 bridgehead atoms. The van der Waals surface area contributed by atoms with Crippen LogP contribution in [0.3, 0.4) is 0 Å². The molecular weight excluding hydrogens is 297 g/mol. The van der Waals surface area contributed by atoms with Crippen LogP contribution in [0.15, 0.2) is 59.0 Å². The summed E-state index contributed by atoms with van der Waals surface area (Å²) < 4.78 is 19.3. The van der Waals surface area contributed by atoms with Gasteiger partial charge in [-0.15, -0.1) is 10.2 Å². The summed E-state index contributed by atoms with van der Waals surface area (Å²) in [5.41, 5.74) is 1.21. The Labute approximate surface area is 133 Å². The van der Waals surface area contributed by atoms with Crippen LogP contribution in [0.1, 0.15) is 5.89 Å². The smallest absolute Gasteiger partial charge is 0.250 e. The Morgan fingerprint density at radius 1 is 1.00 bits per heavy atom. The van der Waals surface area contributed by atoms with E-state index >= 15 is 0 Å². The summed E-state index contributed by atoms with van der Waals surface area (Å²) in [6.07, 6.45) is 0. The molecule has 118 valence electrons. The zero-order valence-electron chi connectivity index (χ0n) is 12.4. The number of hydrogen-bond donors (Lipinski definition) is 1. The third-order valence-electron chi connectivity index (χ3n) is 3.39. The molecule has 6 heteroatoms. The molecule has 0 aliphatic rings. The molecule has 0 aliphatic heterocycles. The number of benzene rings is 2. The van der Waals surface area contributed by atoms with E-state index in [1.807, 2.05) is 35.2 Å². The van der Waals surface area contributed by atoms with Crippen molar-refractivity contribution in [1.82, 2.24) is 10.2 Å². The third kappa shape index (κ3) is 3.54. The Morgan fingerprint density at radius 3 is 2.48 bits per heavy atom. The number of nitrogens with zero attached hydrogens (tertiary/aromatic N) is 3. The highest BCUT2D eigenvalue weighted by Gasteiger charge is 2.15. The van der Waals surface area contributed by atoms with Crippen LogP contribution in [0, 0.1) is 5.82 Å². The van der Waals surface area contributed by atoms with Gasteiger partial charge in [0.05, 0.1) is 18.7 Å². The number of aliphatic hydroxyl groups is 1. The minimum absolute atomic E-state index is 0.00318. The lowest BCUT2D eigenvalue weighted by Gasteiger charge is -2.21. The highest BCUT2D eigenvalue weighted by molar-refractivity contribution is 5.53. The summed E-state index contributed by atoms with van der Waals surface area (Å²) in [5, 5.41) is 17.1. The van der Waals surface area contributed by atoms with Crippen LogP contribution >= 0.6 is 0 Å². The summed E-state index contributed by atoms with van der Waals surface area (Å²) in [7, 11) is 0. The fourth-order valence-electron chi connectivity index (χ4n) is 2.28. The van der Waals surface area contributed by atoms with Crippen molar-refractivity contribution in [2.75, 3.05) is 18.1 Å². The molecule has 0 aliphatic carbocycles. The number of rotatable bonds is 6. The Bertz CT molecular complexity index is 761. The van der Waals surface area contributed by atoms with Gasteiger partial charge in [-0.3, -0.25) is 0 Å². The quantitative estimate of drug-likeness (QED) is 0.758. The average Bonchev–Trinajstić information content (AvgIpc) is 3.04. The second-order valence-electron chi connectivity index (χ2n) is 4.96. The van der Waals surface area contributed by atoms with Crippen LogP contribution in [-0.4, -0.2) is 28.5 Å². The molecule has 23 heavy (non-hydrogen) atoms. The topological polar surface area (TPSA) is 62.4 Å². The lowest BCUT2D eigenvalue weighted by molar-refractivity contribution is 0.300. The lowest BCUT2D eigenvalue weighted by atomic mass is 10.2. The first kappa shape index (κ1) is 15.2. The Hall–Kier alpha value is -2.73. The zero-order chi connectivity index (χ0) is 16.1. The Balaban J connectivity index is 1.81. The van der Waals surface area contributed by atoms with E-state index < -0.39 is 5.82 Å². The van der Waals surface area contributed by atoms with E-state index in [1.54, 1.807) is 18.2 Å². The van der Waals surface area contributed by atoms with Gasteiger partial charge in [0.25, 0.3) is 5.89 Å². The zero-order valence-corrected chi connectivity index (χ0v) is 12.4. The number of anilines is 1. The lowest BCUT2D eigenvalue weighted by Crippen LogP contribution is -2.26. The van der Waals surface area contributed by atoms with Gasteiger partial charge in [-0.1, -0.05) is 30.3 Å². The van der Waals surface area contributed by atoms with E-state index in [1.165, 1.54) is 6.07 Å². The van der Waals surface area contributed by atoms with Gasteiger partial charge >= 0.3 is 0 Å². The molecule has 0 amide bonds. The van der Waals surface area contributed by atoms with E-state index in [0.717, 1.165) is 5.69 Å². The molecule has 0 spiro atoms. The highest BCUT2D eigenvalue weighted by Crippen LogP contribution is 2.22. The largest absolute Gasteiger partial charge is 0.419 e. The van der Waals surface area contributed by atoms with Crippen LogP contribution in [0.2, 0.25) is 0 Å². The summed E-state index contributed by atoms with van der Waals surface area (Å²) >= 11 is 0. The second-order valence-corrected chi connectivity index (χ2v) is 4.96. The summed E-state index contributed by atoms with van der Waals surface area (Å²) in [6, 6.07) is 15.9. The Kier molecular flexibility index (Phi) is 4.63. The molecule has 3 aromatic rings. The van der Waals surface area contributed by atoms with Crippen molar-refractivity contribution in [3.63, 3.8) is 0 Å². The number of halogens is 1. The minimum Gasteiger partial charge on any atom is -0.419 e. The van der Waals surface area contributed by atoms with Crippen LogP contribution in [0.4, 0.5) is 10.1 Å². The van der Waals surface area contributed by atoms with Gasteiger partial charge in [0.1, 0.15) is 5.82 Å². The summed E-state index contributed by atoms with van der Waals surface area (Å²) in [5.74, 6) is 0.105. The minimum atomic E-state index is -0.405. The van der Waals surface area contributed by atoms with Crippen molar-refractivity contribution in [2.24, 2.45) is 0 Å². The number of para-hydroxylation sites is 1. The molecule has 0 atom stereocenters. The number of hydrogen-bond acceptors (Lipinski definition) is 5. The molecule has 1 N–H and O–H groups in total. The van der Waals surface area contributed by atoms with Gasteiger partial charge in [-0.2, -0.15) is 0 Å². The molecule has 1 heterocycles. The standard InChI is InChI=1S/C17H16FN3O2/c18-15-9-5-4-8-14(15)17-20-19-16(23-17)12-21(10-11-22)13-6-2-1-3-7-13/h1-9,22H,10-12H2. The van der Waals surface area contributed by atoms with Crippen molar-refractivity contribution in [3.05, 3.63) is 66.3 Å². The van der Waals surface area contributed by atoms with E-state index in [4.69, 9.17) is 4.42 Å². The SMILES string of the molecule is OCCN(Cc1nnc(-c2ccccc2F)o1)c1ccccc1. The maximum absolute atomic E-state index is 13.8. The van der Waals surface area contributed by atoms with E-state index in [-0.39, 0.29) is 18.1 Å². The fourth-order valence-corrected chi connectivity index (χ4v) is 2.28. The van der Waals surface area contributed by atoms with Crippen LogP contribution in [0.5, 0.6) is 0 Å². The van der Waals surface area contributed by atoms with Gasteiger partial charge in [-0.25, -0.2) is 4.39 Å². The predicted molar refractivity (Wildman–Crippen MR) is 84.3 cm³/mol. The van der Waals surface area contributed by atoms with Crippen molar-refractivity contribution in [1.29, 1.82) is 0 Å². The molecule has 3 rings (SSSR count). The molecule has 2 aromatic carbocycles. The molecule has 0 unspecified atom stereocenters. The van der Waals surface area contributed by atoms with Gasteiger partial charge in [0.2, 0.25) is 5.89 Å². The summed E-state index contributed by atoms with van der Waals surface area (Å²) in [6.45, 7) is 0.774. The van der Waals surface area contributed by atoms with Crippen LogP contribution in [-0.2, 0) is 6.54 Å². The monoisotopic (exact) mass is 313 g/mol. The first-order valence-corrected chi connectivity index (χ1v) is 7.26. The molecule has 0 fully saturated rings. The average molecular weight is 313 g/mol. The van der Waals surface area contributed by atoms with Crippen LogP contribution in [0.25, 0.3) is 11.5 Å². The van der Waals surface area contributed by atoms with Gasteiger partial charge in [0.15, 0.2) is 0 Å². The molecule has 0 radical (unpaired) electrons. The van der Waals surface area contributed by atoms with Crippen molar-refractivity contribution in [2.45, 2.75) is 6.54 Å². The number of aliphatic hydroxyl groups excluding tert-OH is 1. The van der Waals surface area contributed by atoms with Crippen molar-refractivity contribution in [3.8, 4) is 11.5 Å². The fraction of sp³-hybridized carbons (Fsp3) is 0.176. The Morgan fingerprint density at radius 2 is 1.74 bits per heavy atom. The van der Waals surface area contributed by atoms with Gasteiger partial charge in [-0.05, 0) is 24.3 Å². The van der Waals surface area contributed by atoms with Crippen molar-refractivity contribution < 1.29 is 13.9 Å².